The molecule has 3 rings (SSSR count). The second kappa shape index (κ2) is 7.67. The van der Waals surface area contributed by atoms with Crippen molar-refractivity contribution in [2.45, 2.75) is 6.18 Å². The summed E-state index contributed by atoms with van der Waals surface area (Å²) in [5, 5.41) is 3.84. The number of hydrogen-bond acceptors (Lipinski definition) is 2. The number of benzene rings is 2. The minimum Gasteiger partial charge on any atom is -0.303 e. The second-order valence-corrected chi connectivity index (χ2v) is 7.50. The highest BCUT2D eigenvalue weighted by molar-refractivity contribution is 7.79. The van der Waals surface area contributed by atoms with E-state index in [0.717, 1.165) is 10.6 Å². The molecule has 26 heavy (non-hydrogen) atoms. The maximum absolute atomic E-state index is 12.5. The molecule has 1 amide bonds. The Morgan fingerprint density at radius 1 is 0.808 bits per heavy atom. The Morgan fingerprint density at radius 3 is 1.85 bits per heavy atom. The zero-order valence-electron chi connectivity index (χ0n) is 13.4. The van der Waals surface area contributed by atoms with E-state index in [9.17, 15) is 18.0 Å². The third-order valence-corrected chi connectivity index (χ3v) is 5.83. The molecule has 0 aliphatic carbocycles. The molecule has 7 heteroatoms. The van der Waals surface area contributed by atoms with Gasteiger partial charge in [0.15, 0.2) is 0 Å². The third kappa shape index (κ3) is 4.27. The highest BCUT2D eigenvalue weighted by atomic mass is 31.1. The maximum atomic E-state index is 12.5. The monoisotopic (exact) mass is 374 g/mol. The zero-order valence-corrected chi connectivity index (χ0v) is 14.3. The molecule has 0 saturated heterocycles. The van der Waals surface area contributed by atoms with E-state index >= 15 is 0 Å². The lowest BCUT2D eigenvalue weighted by molar-refractivity contribution is -0.167. The molecule has 0 fully saturated rings. The maximum Gasteiger partial charge on any atom is 0.471 e. The number of carbonyl (C=O) groups excluding carboxylic acids is 1. The number of nitrogens with zero attached hydrogens (tertiary/aromatic N) is 1. The average Bonchev–Trinajstić information content (AvgIpc) is 2.63. The molecule has 132 valence electrons. The van der Waals surface area contributed by atoms with Crippen molar-refractivity contribution in [2.75, 3.05) is 5.32 Å². The van der Waals surface area contributed by atoms with Gasteiger partial charge in [0.2, 0.25) is 0 Å². The molecular weight excluding hydrogens is 360 g/mol. The molecule has 2 aromatic carbocycles. The van der Waals surface area contributed by atoms with Crippen LogP contribution in [0.2, 0.25) is 0 Å². The predicted octanol–water partition coefficient (Wildman–Crippen LogP) is 3.34. The van der Waals surface area contributed by atoms with E-state index in [1.165, 1.54) is 6.07 Å². The van der Waals surface area contributed by atoms with E-state index < -0.39 is 20.0 Å². The van der Waals surface area contributed by atoms with Crippen molar-refractivity contribution in [1.29, 1.82) is 0 Å². The van der Waals surface area contributed by atoms with E-state index in [4.69, 9.17) is 0 Å². The Bertz CT molecular complexity index is 847. The Balaban J connectivity index is 2.00. The quantitative estimate of drug-likeness (QED) is 0.712. The summed E-state index contributed by atoms with van der Waals surface area (Å²) in [4.78, 5) is 15.5. The van der Waals surface area contributed by atoms with Crippen LogP contribution in [-0.2, 0) is 4.79 Å². The first kappa shape index (κ1) is 18.1. The molecule has 0 atom stereocenters. The molecule has 3 aromatic rings. The van der Waals surface area contributed by atoms with Gasteiger partial charge in [-0.25, -0.2) is 4.98 Å². The molecule has 0 saturated carbocycles. The summed E-state index contributed by atoms with van der Waals surface area (Å²) in [7, 11) is -1.06. The Morgan fingerprint density at radius 2 is 1.35 bits per heavy atom. The summed E-state index contributed by atoms with van der Waals surface area (Å²) in [6.45, 7) is 0. The molecule has 1 N–H and O–H groups in total. The molecule has 0 aliphatic heterocycles. The molecular formula is C19H14F3N2OP. The average molecular weight is 374 g/mol. The van der Waals surface area contributed by atoms with Crippen LogP contribution in [0.15, 0.2) is 78.9 Å². The van der Waals surface area contributed by atoms with E-state index in [1.54, 1.807) is 12.1 Å². The summed E-state index contributed by atoms with van der Waals surface area (Å²) in [5.74, 6) is -2.16. The number of anilines is 1. The fraction of sp³-hybridized carbons (Fsp3) is 0.0526. The smallest absolute Gasteiger partial charge is 0.303 e. The lowest BCUT2D eigenvalue weighted by Gasteiger charge is -2.19. The number of aromatic nitrogens is 1. The number of amides is 1. The number of carbonyl (C=O) groups is 1. The minimum absolute atomic E-state index is 0.121. The summed E-state index contributed by atoms with van der Waals surface area (Å²) >= 11 is 0. The number of nitrogens with one attached hydrogen (secondary N) is 1. The van der Waals surface area contributed by atoms with Crippen molar-refractivity contribution in [2.24, 2.45) is 0 Å². The van der Waals surface area contributed by atoms with Crippen molar-refractivity contribution in [3.63, 3.8) is 0 Å². The number of pyridine rings is 1. The van der Waals surface area contributed by atoms with Crippen LogP contribution < -0.4 is 21.4 Å². The van der Waals surface area contributed by atoms with Gasteiger partial charge in [0.1, 0.15) is 5.82 Å². The molecule has 0 aliphatic rings. The van der Waals surface area contributed by atoms with Crippen molar-refractivity contribution in [3.05, 3.63) is 78.9 Å². The van der Waals surface area contributed by atoms with Gasteiger partial charge in [-0.3, -0.25) is 4.79 Å². The Labute approximate surface area is 149 Å². The fourth-order valence-electron chi connectivity index (χ4n) is 2.37. The van der Waals surface area contributed by atoms with Crippen LogP contribution in [0.5, 0.6) is 0 Å². The third-order valence-electron chi connectivity index (χ3n) is 3.49. The van der Waals surface area contributed by atoms with Gasteiger partial charge in [-0.1, -0.05) is 66.7 Å². The van der Waals surface area contributed by atoms with Gasteiger partial charge in [0.05, 0.1) is 5.44 Å². The van der Waals surface area contributed by atoms with Gasteiger partial charge in [0.25, 0.3) is 0 Å². The lowest BCUT2D eigenvalue weighted by atomic mass is 10.4. The first-order valence-corrected chi connectivity index (χ1v) is 9.05. The number of hydrogen-bond donors (Lipinski definition) is 1. The van der Waals surface area contributed by atoms with Crippen LogP contribution in [0.25, 0.3) is 0 Å². The van der Waals surface area contributed by atoms with Crippen LogP contribution in [-0.4, -0.2) is 17.1 Å². The fourth-order valence-corrected chi connectivity index (χ4v) is 4.58. The Hall–Kier alpha value is -2.72. The molecule has 0 spiro atoms. The predicted molar refractivity (Wildman–Crippen MR) is 97.6 cm³/mol. The highest BCUT2D eigenvalue weighted by Gasteiger charge is 2.39. The largest absolute Gasteiger partial charge is 0.471 e. The lowest BCUT2D eigenvalue weighted by Crippen LogP contribution is -2.31. The molecule has 3 nitrogen and oxygen atoms in total. The van der Waals surface area contributed by atoms with Crippen LogP contribution in [0.3, 0.4) is 0 Å². The highest BCUT2D eigenvalue weighted by Crippen LogP contribution is 2.32. The van der Waals surface area contributed by atoms with Crippen LogP contribution in [0.1, 0.15) is 0 Å². The van der Waals surface area contributed by atoms with Gasteiger partial charge in [0, 0.05) is 7.92 Å². The topological polar surface area (TPSA) is 42.0 Å². The summed E-state index contributed by atoms with van der Waals surface area (Å²) in [6, 6.07) is 24.0. The van der Waals surface area contributed by atoms with Gasteiger partial charge in [-0.15, -0.1) is 0 Å². The van der Waals surface area contributed by atoms with Crippen LogP contribution in [0.4, 0.5) is 19.0 Å². The summed E-state index contributed by atoms with van der Waals surface area (Å²) in [5.41, 5.74) is 0.609. The van der Waals surface area contributed by atoms with E-state index in [0.29, 0.717) is 5.44 Å². The first-order valence-electron chi connectivity index (χ1n) is 7.70. The van der Waals surface area contributed by atoms with Crippen LogP contribution in [0, 0.1) is 0 Å². The number of alkyl halides is 3. The van der Waals surface area contributed by atoms with Gasteiger partial charge in [-0.05, 0) is 22.7 Å². The van der Waals surface area contributed by atoms with E-state index in [1.807, 2.05) is 66.0 Å². The van der Waals surface area contributed by atoms with Gasteiger partial charge in [-0.2, -0.15) is 13.2 Å². The number of rotatable bonds is 4. The van der Waals surface area contributed by atoms with Crippen molar-refractivity contribution in [3.8, 4) is 0 Å². The summed E-state index contributed by atoms with van der Waals surface area (Å²) in [6.07, 6.45) is -4.96. The SMILES string of the molecule is O=C(Nc1cccc(P(c2ccccc2)c2ccccc2)n1)C(F)(F)F. The van der Waals surface area contributed by atoms with E-state index in [2.05, 4.69) is 4.98 Å². The Kier molecular flexibility index (Phi) is 5.33. The van der Waals surface area contributed by atoms with Crippen molar-refractivity contribution >= 4 is 35.7 Å². The number of halogens is 3. The summed E-state index contributed by atoms with van der Waals surface area (Å²) < 4.78 is 37.5. The molecule has 0 unspecified atom stereocenters. The van der Waals surface area contributed by atoms with E-state index in [-0.39, 0.29) is 5.82 Å². The van der Waals surface area contributed by atoms with Gasteiger partial charge < -0.3 is 5.32 Å². The zero-order chi connectivity index (χ0) is 18.6. The van der Waals surface area contributed by atoms with Crippen LogP contribution >= 0.6 is 7.92 Å². The second-order valence-electron chi connectivity index (χ2n) is 5.34. The minimum atomic E-state index is -4.96. The molecule has 0 radical (unpaired) electrons. The van der Waals surface area contributed by atoms with Gasteiger partial charge >= 0.3 is 12.1 Å². The normalized spacial score (nSPS) is 11.4. The molecule has 1 heterocycles. The molecule has 0 bridgehead atoms. The molecule has 1 aromatic heterocycles. The van der Waals surface area contributed by atoms with Crippen molar-refractivity contribution in [1.82, 2.24) is 4.98 Å². The standard InChI is InChI=1S/C19H14F3N2OP/c20-19(21,22)18(25)24-16-12-7-13-17(23-16)26(14-8-3-1-4-9-14)15-10-5-2-6-11-15/h1-13H,(H,23,24,25). The first-order chi connectivity index (χ1) is 12.4. The van der Waals surface area contributed by atoms with Crippen molar-refractivity contribution < 1.29 is 18.0 Å².